The summed E-state index contributed by atoms with van der Waals surface area (Å²) in [5.41, 5.74) is 1.53. The lowest BCUT2D eigenvalue weighted by molar-refractivity contribution is -0.0134. The van der Waals surface area contributed by atoms with Crippen LogP contribution >= 0.6 is 8.53 Å². The van der Waals surface area contributed by atoms with E-state index < -0.39 is 32.4 Å². The highest BCUT2D eigenvalue weighted by Gasteiger charge is 2.43. The summed E-state index contributed by atoms with van der Waals surface area (Å²) in [5.74, 6) is 1.42. The second-order valence-corrected chi connectivity index (χ2v) is 13.3. The van der Waals surface area contributed by atoms with Gasteiger partial charge >= 0.3 is 6.09 Å². The summed E-state index contributed by atoms with van der Waals surface area (Å²) in [6.45, 7) is 8.81. The molecule has 0 bridgehead atoms. The van der Waals surface area contributed by atoms with Gasteiger partial charge in [0.1, 0.15) is 17.1 Å². The van der Waals surface area contributed by atoms with Crippen LogP contribution in [0.1, 0.15) is 57.2 Å². The van der Waals surface area contributed by atoms with Gasteiger partial charge in [0.2, 0.25) is 0 Å². The van der Waals surface area contributed by atoms with Crippen LogP contribution in [0.3, 0.4) is 0 Å². The molecule has 0 radical (unpaired) electrons. The maximum Gasteiger partial charge on any atom is 0.407 e. The smallest absolute Gasteiger partial charge is 0.407 e. The number of amides is 1. The average Bonchev–Trinajstić information content (AvgIpc) is 3.48. The minimum Gasteiger partial charge on any atom is -0.497 e. The summed E-state index contributed by atoms with van der Waals surface area (Å²) >= 11 is 0. The van der Waals surface area contributed by atoms with Crippen molar-refractivity contribution in [3.05, 3.63) is 95.6 Å². The Labute approximate surface area is 279 Å². The molecule has 1 fully saturated rings. The molecule has 0 aliphatic carbocycles. The number of methoxy groups -OCH3 is 2. The Morgan fingerprint density at radius 3 is 1.94 bits per heavy atom. The Balaban J connectivity index is 1.69. The average molecular weight is 664 g/mol. The number of nitriles is 1. The lowest BCUT2D eigenvalue weighted by Crippen LogP contribution is -2.41. The number of carbonyl (C=O) groups is 1. The summed E-state index contributed by atoms with van der Waals surface area (Å²) < 4.78 is 32.8. The normalized spacial score (nSPS) is 17.2. The maximum absolute atomic E-state index is 12.6. The minimum absolute atomic E-state index is 0.102. The quantitative estimate of drug-likeness (QED) is 0.0950. The van der Waals surface area contributed by atoms with E-state index in [0.717, 1.165) is 16.7 Å². The van der Waals surface area contributed by atoms with E-state index in [2.05, 4.69) is 38.4 Å². The number of benzene rings is 3. The molecule has 0 spiro atoms. The van der Waals surface area contributed by atoms with E-state index >= 15 is 0 Å². The highest BCUT2D eigenvalue weighted by molar-refractivity contribution is 7.44. The zero-order valence-electron chi connectivity index (χ0n) is 28.0. The molecule has 4 rings (SSSR count). The van der Waals surface area contributed by atoms with Gasteiger partial charge in [0.25, 0.3) is 8.53 Å². The van der Waals surface area contributed by atoms with E-state index in [4.69, 9.17) is 28.5 Å². The molecule has 47 heavy (non-hydrogen) atoms. The number of carboxylic acid groups (broad SMARTS) is 1. The predicted octanol–water partition coefficient (Wildman–Crippen LogP) is 7.43. The summed E-state index contributed by atoms with van der Waals surface area (Å²) in [6, 6.07) is 27.3. The molecule has 0 saturated carbocycles. The van der Waals surface area contributed by atoms with Crippen molar-refractivity contribution in [3.8, 4) is 17.6 Å². The number of ether oxygens (including phenoxy) is 3. The lowest BCUT2D eigenvalue weighted by Gasteiger charge is -2.37. The highest BCUT2D eigenvalue weighted by Crippen LogP contribution is 2.49. The summed E-state index contributed by atoms with van der Waals surface area (Å²) in [4.78, 5) is 14.0. The maximum atomic E-state index is 12.6. The van der Waals surface area contributed by atoms with Crippen LogP contribution in [0.4, 0.5) is 4.79 Å². The number of rotatable bonds is 16. The SMILES string of the molecule is COc1ccc(C(OC[C@@H]2C[C@@H](OP(OCCC#N)N(C(C)C)C(C)C)CN2C(=O)O)(c2ccccc2)c2ccc(OC)cc2)cc1. The van der Waals surface area contributed by atoms with Gasteiger partial charge in [0.15, 0.2) is 0 Å². The topological polar surface area (TPSA) is 114 Å². The molecule has 11 heteroatoms. The van der Waals surface area contributed by atoms with Crippen molar-refractivity contribution in [3.63, 3.8) is 0 Å². The van der Waals surface area contributed by atoms with Crippen molar-refractivity contribution in [2.24, 2.45) is 0 Å². The number of hydrogen-bond donors (Lipinski definition) is 1. The van der Waals surface area contributed by atoms with Gasteiger partial charge < -0.3 is 33.3 Å². The van der Waals surface area contributed by atoms with Crippen molar-refractivity contribution in [2.45, 2.75) is 70.4 Å². The van der Waals surface area contributed by atoms with E-state index in [0.29, 0.717) is 17.9 Å². The van der Waals surface area contributed by atoms with Crippen molar-refractivity contribution >= 4 is 14.6 Å². The molecule has 1 saturated heterocycles. The van der Waals surface area contributed by atoms with Crippen LogP contribution in [0, 0.1) is 11.3 Å². The second-order valence-electron chi connectivity index (χ2n) is 11.9. The molecule has 1 aliphatic heterocycles. The predicted molar refractivity (Wildman–Crippen MR) is 181 cm³/mol. The zero-order valence-corrected chi connectivity index (χ0v) is 28.9. The molecule has 10 nitrogen and oxygen atoms in total. The molecular formula is C36H46N3O7P. The molecule has 1 N–H and O–H groups in total. The van der Waals surface area contributed by atoms with Crippen LogP contribution < -0.4 is 9.47 Å². The minimum atomic E-state index is -1.53. The molecular weight excluding hydrogens is 617 g/mol. The van der Waals surface area contributed by atoms with Gasteiger partial charge in [-0.25, -0.2) is 9.46 Å². The Hall–Kier alpha value is -3.71. The van der Waals surface area contributed by atoms with Gasteiger partial charge in [-0.3, -0.25) is 0 Å². The zero-order chi connectivity index (χ0) is 34.0. The lowest BCUT2D eigenvalue weighted by atomic mass is 9.80. The molecule has 3 aromatic carbocycles. The molecule has 1 aliphatic rings. The van der Waals surface area contributed by atoms with E-state index in [-0.39, 0.29) is 38.3 Å². The van der Waals surface area contributed by atoms with Gasteiger partial charge in [0, 0.05) is 12.1 Å². The Kier molecular flexibility index (Phi) is 13.0. The largest absolute Gasteiger partial charge is 0.497 e. The molecule has 252 valence electrons. The first kappa shape index (κ1) is 36.1. The Bertz CT molecular complexity index is 1390. The molecule has 1 amide bonds. The van der Waals surface area contributed by atoms with Crippen molar-refractivity contribution in [1.29, 1.82) is 5.26 Å². The Morgan fingerprint density at radius 1 is 0.936 bits per heavy atom. The summed E-state index contributed by atoms with van der Waals surface area (Å²) in [5, 5.41) is 19.4. The van der Waals surface area contributed by atoms with Gasteiger partial charge in [-0.05, 0) is 75.1 Å². The molecule has 1 unspecified atom stereocenters. The molecule has 0 aromatic heterocycles. The third-order valence-electron chi connectivity index (χ3n) is 8.19. The second kappa shape index (κ2) is 16.9. The van der Waals surface area contributed by atoms with Crippen LogP contribution in [0.5, 0.6) is 11.5 Å². The van der Waals surface area contributed by atoms with E-state index in [9.17, 15) is 9.90 Å². The molecule has 3 atom stereocenters. The monoisotopic (exact) mass is 663 g/mol. The fraction of sp³-hybridized carbons (Fsp3) is 0.444. The third kappa shape index (κ3) is 8.61. The summed E-state index contributed by atoms with van der Waals surface area (Å²) in [7, 11) is 1.72. The molecule has 1 heterocycles. The number of nitrogens with zero attached hydrogens (tertiary/aromatic N) is 3. The van der Waals surface area contributed by atoms with E-state index in [1.165, 1.54) is 4.90 Å². The van der Waals surface area contributed by atoms with Crippen LogP contribution in [0.2, 0.25) is 0 Å². The molecule has 3 aromatic rings. The van der Waals surface area contributed by atoms with E-state index in [1.807, 2.05) is 78.9 Å². The first-order chi connectivity index (χ1) is 22.6. The van der Waals surface area contributed by atoms with Crippen LogP contribution in [-0.4, -0.2) is 79.0 Å². The Morgan fingerprint density at radius 2 is 1.47 bits per heavy atom. The van der Waals surface area contributed by atoms with Crippen LogP contribution in [0.25, 0.3) is 0 Å². The number of likely N-dealkylation sites (tertiary alicyclic amines) is 1. The highest BCUT2D eigenvalue weighted by atomic mass is 31.2. The van der Waals surface area contributed by atoms with Crippen molar-refractivity contribution in [1.82, 2.24) is 9.57 Å². The number of hydrogen-bond acceptors (Lipinski definition) is 8. The van der Waals surface area contributed by atoms with E-state index in [1.54, 1.807) is 14.2 Å². The fourth-order valence-electron chi connectivity index (χ4n) is 6.06. The van der Waals surface area contributed by atoms with Gasteiger partial charge in [-0.15, -0.1) is 0 Å². The van der Waals surface area contributed by atoms with Crippen LogP contribution in [0.15, 0.2) is 78.9 Å². The fourth-order valence-corrected chi connectivity index (χ4v) is 7.77. The summed E-state index contributed by atoms with van der Waals surface area (Å²) in [6.07, 6.45) is -0.788. The van der Waals surface area contributed by atoms with Gasteiger partial charge in [-0.1, -0.05) is 54.6 Å². The first-order valence-electron chi connectivity index (χ1n) is 15.9. The van der Waals surface area contributed by atoms with Crippen molar-refractivity contribution < 1.29 is 33.2 Å². The first-order valence-corrected chi connectivity index (χ1v) is 17.0. The van der Waals surface area contributed by atoms with Gasteiger partial charge in [0.05, 0.1) is 58.6 Å². The standard InChI is InChI=1S/C36H46N3O7P/c1-26(2)39(27(3)4)47(45-22-10-21-37)46-34-23-31(38(24-34)35(40)41)25-44-36(28-11-8-7-9-12-28,29-13-17-32(42-5)18-14-29)30-15-19-33(43-6)20-16-30/h7-9,11-20,26-27,31,34H,10,22-25H2,1-6H3,(H,40,41)/t31-,34+,47?/m0/s1. The van der Waals surface area contributed by atoms with Crippen molar-refractivity contribution in [2.75, 3.05) is 34.0 Å². The third-order valence-corrected chi connectivity index (χ3v) is 10.4. The van der Waals surface area contributed by atoms with Gasteiger partial charge in [-0.2, -0.15) is 5.26 Å². The van der Waals surface area contributed by atoms with Crippen LogP contribution in [-0.2, 0) is 19.4 Å².